The van der Waals surface area contributed by atoms with Crippen LogP contribution in [-0.2, 0) is 4.74 Å². The van der Waals surface area contributed by atoms with Crippen LogP contribution in [0.15, 0.2) is 12.3 Å². The maximum atomic E-state index is 12.2. The predicted octanol–water partition coefficient (Wildman–Crippen LogP) is 1.44. The van der Waals surface area contributed by atoms with E-state index in [2.05, 4.69) is 10.6 Å². The Bertz CT molecular complexity index is 439. The first-order valence-corrected chi connectivity index (χ1v) is 6.93. The second-order valence-electron chi connectivity index (χ2n) is 4.95. The molecule has 6 heteroatoms. The van der Waals surface area contributed by atoms with Gasteiger partial charge in [-0.05, 0) is 19.9 Å². The monoisotopic (exact) mass is 285 g/mol. The van der Waals surface area contributed by atoms with Crippen molar-refractivity contribution in [3.05, 3.63) is 23.0 Å². The maximum absolute atomic E-state index is 12.2. The number of nitrogens with zero attached hydrogens (tertiary/aromatic N) is 1. The third-order valence-electron chi connectivity index (χ3n) is 3.10. The molecule has 2 heterocycles. The summed E-state index contributed by atoms with van der Waals surface area (Å²) in [6.07, 6.45) is 1.82. The first-order chi connectivity index (χ1) is 9.08. The highest BCUT2D eigenvalue weighted by atomic mass is 35.5. The topological polar surface area (TPSA) is 55.3 Å². The van der Waals surface area contributed by atoms with Crippen LogP contribution in [0.4, 0.5) is 0 Å². The molecule has 0 aliphatic carbocycles. The molecule has 1 atom stereocenters. The van der Waals surface area contributed by atoms with Crippen molar-refractivity contribution >= 4 is 17.5 Å². The molecule has 0 spiro atoms. The lowest BCUT2D eigenvalue weighted by Crippen LogP contribution is -2.45. The Morgan fingerprint density at radius 3 is 3.11 bits per heavy atom. The van der Waals surface area contributed by atoms with E-state index in [1.807, 2.05) is 18.4 Å². The van der Waals surface area contributed by atoms with Crippen LogP contribution < -0.4 is 10.6 Å². The standard InChI is InChI=1S/C13H20ClN3O2/c1-9(2)17-8-10(14)5-12(17)13(18)16-7-11-6-15-3-4-19-11/h5,8-9,11,15H,3-4,6-7H2,1-2H3,(H,16,18). The van der Waals surface area contributed by atoms with Crippen molar-refractivity contribution in [1.82, 2.24) is 15.2 Å². The van der Waals surface area contributed by atoms with Gasteiger partial charge in [0.05, 0.1) is 17.7 Å². The number of halogens is 1. The van der Waals surface area contributed by atoms with Gasteiger partial charge >= 0.3 is 0 Å². The van der Waals surface area contributed by atoms with Crippen molar-refractivity contribution in [1.29, 1.82) is 0 Å². The summed E-state index contributed by atoms with van der Waals surface area (Å²) in [6.45, 7) is 6.87. The summed E-state index contributed by atoms with van der Waals surface area (Å²) in [5.74, 6) is -0.116. The van der Waals surface area contributed by atoms with Gasteiger partial charge < -0.3 is 19.9 Å². The molecule has 1 unspecified atom stereocenters. The van der Waals surface area contributed by atoms with E-state index in [0.29, 0.717) is 23.9 Å². The molecule has 0 bridgehead atoms. The molecule has 0 saturated carbocycles. The van der Waals surface area contributed by atoms with E-state index in [1.54, 1.807) is 12.3 Å². The minimum Gasteiger partial charge on any atom is -0.374 e. The quantitative estimate of drug-likeness (QED) is 0.880. The minimum atomic E-state index is -0.116. The molecule has 0 aromatic carbocycles. The van der Waals surface area contributed by atoms with E-state index >= 15 is 0 Å². The van der Waals surface area contributed by atoms with Crippen molar-refractivity contribution < 1.29 is 9.53 Å². The van der Waals surface area contributed by atoms with Crippen LogP contribution >= 0.6 is 11.6 Å². The minimum absolute atomic E-state index is 0.0376. The Morgan fingerprint density at radius 2 is 2.47 bits per heavy atom. The molecular formula is C13H20ClN3O2. The second-order valence-corrected chi connectivity index (χ2v) is 5.39. The van der Waals surface area contributed by atoms with Crippen LogP contribution in [0.1, 0.15) is 30.4 Å². The molecule has 2 rings (SSSR count). The molecule has 1 aromatic rings. The lowest BCUT2D eigenvalue weighted by Gasteiger charge is -2.24. The van der Waals surface area contributed by atoms with Crippen LogP contribution in [0.25, 0.3) is 0 Å². The van der Waals surface area contributed by atoms with Gasteiger partial charge in [-0.15, -0.1) is 0 Å². The number of nitrogens with one attached hydrogen (secondary N) is 2. The SMILES string of the molecule is CC(C)n1cc(Cl)cc1C(=O)NCC1CNCCO1. The molecular weight excluding hydrogens is 266 g/mol. The third kappa shape index (κ3) is 3.72. The highest BCUT2D eigenvalue weighted by Crippen LogP contribution is 2.18. The first-order valence-electron chi connectivity index (χ1n) is 6.56. The summed E-state index contributed by atoms with van der Waals surface area (Å²) in [5.41, 5.74) is 0.587. The zero-order chi connectivity index (χ0) is 13.8. The van der Waals surface area contributed by atoms with Gasteiger partial charge in [0.1, 0.15) is 5.69 Å². The fourth-order valence-corrected chi connectivity index (χ4v) is 2.31. The third-order valence-corrected chi connectivity index (χ3v) is 3.31. The van der Waals surface area contributed by atoms with Gasteiger partial charge in [-0.2, -0.15) is 0 Å². The molecule has 1 fully saturated rings. The summed E-state index contributed by atoms with van der Waals surface area (Å²) in [7, 11) is 0. The smallest absolute Gasteiger partial charge is 0.268 e. The Kier molecular flexibility index (Phi) is 4.85. The number of amides is 1. The molecule has 19 heavy (non-hydrogen) atoms. The van der Waals surface area contributed by atoms with Crippen LogP contribution in [0.2, 0.25) is 5.02 Å². The predicted molar refractivity (Wildman–Crippen MR) is 74.8 cm³/mol. The molecule has 1 aliphatic heterocycles. The Labute approximate surface area is 118 Å². The molecule has 5 nitrogen and oxygen atoms in total. The molecule has 1 saturated heterocycles. The number of carbonyl (C=O) groups is 1. The number of hydrogen-bond donors (Lipinski definition) is 2. The highest BCUT2D eigenvalue weighted by Gasteiger charge is 2.18. The van der Waals surface area contributed by atoms with Crippen LogP contribution in [0.5, 0.6) is 0 Å². The fourth-order valence-electron chi connectivity index (χ4n) is 2.10. The van der Waals surface area contributed by atoms with Crippen LogP contribution in [0, 0.1) is 0 Å². The van der Waals surface area contributed by atoms with Crippen molar-refractivity contribution in [2.24, 2.45) is 0 Å². The average molecular weight is 286 g/mol. The number of ether oxygens (including phenoxy) is 1. The summed E-state index contributed by atoms with van der Waals surface area (Å²) in [4.78, 5) is 12.2. The molecule has 1 aromatic heterocycles. The number of hydrogen-bond acceptors (Lipinski definition) is 3. The summed E-state index contributed by atoms with van der Waals surface area (Å²) in [6, 6.07) is 1.89. The van der Waals surface area contributed by atoms with Crippen molar-refractivity contribution in [3.63, 3.8) is 0 Å². The zero-order valence-corrected chi connectivity index (χ0v) is 12.0. The zero-order valence-electron chi connectivity index (χ0n) is 11.3. The maximum Gasteiger partial charge on any atom is 0.268 e. The molecule has 1 aliphatic rings. The Balaban J connectivity index is 1.95. The fraction of sp³-hybridized carbons (Fsp3) is 0.615. The second kappa shape index (κ2) is 6.41. The van der Waals surface area contributed by atoms with Gasteiger partial charge in [0.15, 0.2) is 0 Å². The summed E-state index contributed by atoms with van der Waals surface area (Å²) >= 11 is 5.97. The largest absolute Gasteiger partial charge is 0.374 e. The van der Waals surface area contributed by atoms with E-state index in [1.165, 1.54) is 0 Å². The van der Waals surface area contributed by atoms with Crippen molar-refractivity contribution in [3.8, 4) is 0 Å². The van der Waals surface area contributed by atoms with Gasteiger partial charge in [-0.25, -0.2) is 0 Å². The van der Waals surface area contributed by atoms with Crippen molar-refractivity contribution in [2.75, 3.05) is 26.2 Å². The summed E-state index contributed by atoms with van der Waals surface area (Å²) in [5, 5.41) is 6.70. The molecule has 106 valence electrons. The number of morpholine rings is 1. The highest BCUT2D eigenvalue weighted by molar-refractivity contribution is 6.31. The van der Waals surface area contributed by atoms with E-state index < -0.39 is 0 Å². The van der Waals surface area contributed by atoms with E-state index in [9.17, 15) is 4.79 Å². The van der Waals surface area contributed by atoms with E-state index in [0.717, 1.165) is 13.1 Å². The lowest BCUT2D eigenvalue weighted by molar-refractivity contribution is 0.0286. The number of aromatic nitrogens is 1. The Morgan fingerprint density at radius 1 is 1.68 bits per heavy atom. The molecule has 1 amide bonds. The van der Waals surface area contributed by atoms with Crippen LogP contribution in [0.3, 0.4) is 0 Å². The van der Waals surface area contributed by atoms with Gasteiger partial charge in [-0.3, -0.25) is 4.79 Å². The van der Waals surface area contributed by atoms with Gasteiger partial charge in [0, 0.05) is 31.9 Å². The average Bonchev–Trinajstić information content (AvgIpc) is 2.79. The number of rotatable bonds is 4. The van der Waals surface area contributed by atoms with Crippen molar-refractivity contribution in [2.45, 2.75) is 26.0 Å². The van der Waals surface area contributed by atoms with E-state index in [-0.39, 0.29) is 18.1 Å². The normalized spacial score (nSPS) is 19.7. The van der Waals surface area contributed by atoms with Gasteiger partial charge in [0.2, 0.25) is 0 Å². The van der Waals surface area contributed by atoms with E-state index in [4.69, 9.17) is 16.3 Å². The number of carbonyl (C=O) groups excluding carboxylic acids is 1. The first kappa shape index (κ1) is 14.4. The molecule has 0 radical (unpaired) electrons. The van der Waals surface area contributed by atoms with Gasteiger partial charge in [0.25, 0.3) is 5.91 Å². The summed E-state index contributed by atoms with van der Waals surface area (Å²) < 4.78 is 7.41. The lowest BCUT2D eigenvalue weighted by atomic mass is 10.3. The van der Waals surface area contributed by atoms with Crippen LogP contribution in [-0.4, -0.2) is 42.8 Å². The molecule has 2 N–H and O–H groups in total. The Hall–Kier alpha value is -1.04. The van der Waals surface area contributed by atoms with Gasteiger partial charge in [-0.1, -0.05) is 11.6 Å².